The third-order valence-electron chi connectivity index (χ3n) is 6.58. The zero-order valence-electron chi connectivity index (χ0n) is 16.2. The van der Waals surface area contributed by atoms with E-state index >= 15 is 0 Å². The van der Waals surface area contributed by atoms with E-state index in [2.05, 4.69) is 24.0 Å². The van der Waals surface area contributed by atoms with E-state index in [1.807, 2.05) is 10.6 Å². The summed E-state index contributed by atoms with van der Waals surface area (Å²) in [7, 11) is 0. The number of hydrogen-bond acceptors (Lipinski definition) is 5. The maximum absolute atomic E-state index is 12.6. The molecule has 154 valence electrons. The second-order valence-electron chi connectivity index (χ2n) is 8.41. The number of nitrogens with zero attached hydrogens (tertiary/aromatic N) is 3. The molecule has 3 aliphatic rings. The highest BCUT2D eigenvalue weighted by Gasteiger charge is 2.40. The minimum atomic E-state index is -1.19. The molecule has 0 bridgehead atoms. The third kappa shape index (κ3) is 3.22. The number of carboxylic acid groups (broad SMARTS) is 1. The van der Waals surface area contributed by atoms with Gasteiger partial charge in [-0.2, -0.15) is 0 Å². The summed E-state index contributed by atoms with van der Waals surface area (Å²) >= 11 is 0. The fourth-order valence-corrected chi connectivity index (χ4v) is 4.77. The van der Waals surface area contributed by atoms with Gasteiger partial charge >= 0.3 is 5.97 Å². The topological polar surface area (TPSA) is 101 Å². The quantitative estimate of drug-likeness (QED) is 0.745. The summed E-state index contributed by atoms with van der Waals surface area (Å²) in [6.07, 6.45) is 7.75. The van der Waals surface area contributed by atoms with Crippen molar-refractivity contribution in [3.8, 4) is 0 Å². The predicted octanol–water partition coefficient (Wildman–Crippen LogP) is 2.44. The fraction of sp³-hybridized carbons (Fsp3) is 0.476. The molecular weight excluding hydrogens is 392 g/mol. The van der Waals surface area contributed by atoms with E-state index in [4.69, 9.17) is 10.7 Å². The van der Waals surface area contributed by atoms with Crippen LogP contribution in [-0.4, -0.2) is 39.8 Å². The lowest BCUT2D eigenvalue weighted by atomic mass is 9.77. The zero-order valence-corrected chi connectivity index (χ0v) is 17.0. The number of pyridine rings is 2. The van der Waals surface area contributed by atoms with Crippen molar-refractivity contribution >= 4 is 35.2 Å². The maximum Gasteiger partial charge on any atom is 0.341 e. The summed E-state index contributed by atoms with van der Waals surface area (Å²) in [5.41, 5.74) is 6.25. The molecule has 7 nitrogen and oxygen atoms in total. The van der Waals surface area contributed by atoms with Crippen LogP contribution in [0.5, 0.6) is 0 Å². The van der Waals surface area contributed by atoms with Gasteiger partial charge in [-0.1, -0.05) is 19.1 Å². The van der Waals surface area contributed by atoms with Crippen molar-refractivity contribution in [2.75, 3.05) is 18.0 Å². The molecule has 1 aliphatic heterocycles. The molecule has 2 aromatic heterocycles. The monoisotopic (exact) mass is 416 g/mol. The van der Waals surface area contributed by atoms with Crippen LogP contribution in [0.3, 0.4) is 0 Å². The minimum absolute atomic E-state index is 0. The van der Waals surface area contributed by atoms with Gasteiger partial charge in [0.25, 0.3) is 0 Å². The zero-order chi connectivity index (χ0) is 19.6. The smallest absolute Gasteiger partial charge is 0.341 e. The largest absolute Gasteiger partial charge is 0.477 e. The average Bonchev–Trinajstić information content (AvgIpc) is 3.41. The van der Waals surface area contributed by atoms with Crippen LogP contribution in [0.15, 0.2) is 35.3 Å². The van der Waals surface area contributed by atoms with Crippen molar-refractivity contribution in [1.82, 2.24) is 9.55 Å². The van der Waals surface area contributed by atoms with Gasteiger partial charge in [-0.3, -0.25) is 4.79 Å². The van der Waals surface area contributed by atoms with Crippen molar-refractivity contribution in [2.24, 2.45) is 23.5 Å². The number of carboxylic acids is 1. The Morgan fingerprint density at radius 1 is 1.21 bits per heavy atom. The number of carbonyl (C=O) groups is 1. The van der Waals surface area contributed by atoms with Crippen LogP contribution in [0.2, 0.25) is 0 Å². The summed E-state index contributed by atoms with van der Waals surface area (Å²) in [6.45, 7) is 3.97. The highest BCUT2D eigenvalue weighted by atomic mass is 35.5. The van der Waals surface area contributed by atoms with E-state index < -0.39 is 11.4 Å². The van der Waals surface area contributed by atoms with Crippen molar-refractivity contribution < 1.29 is 9.90 Å². The van der Waals surface area contributed by atoms with Gasteiger partial charge < -0.3 is 20.3 Å². The van der Waals surface area contributed by atoms with Gasteiger partial charge in [-0.15, -0.1) is 12.4 Å². The molecule has 8 heteroatoms. The van der Waals surface area contributed by atoms with E-state index in [0.717, 1.165) is 31.7 Å². The molecule has 29 heavy (non-hydrogen) atoms. The van der Waals surface area contributed by atoms with Crippen molar-refractivity contribution in [2.45, 2.75) is 31.8 Å². The number of hydrogen-bond donors (Lipinski definition) is 2. The molecule has 0 spiro atoms. The van der Waals surface area contributed by atoms with Gasteiger partial charge in [0.05, 0.1) is 5.39 Å². The summed E-state index contributed by atoms with van der Waals surface area (Å²) in [4.78, 5) is 31.2. The van der Waals surface area contributed by atoms with Gasteiger partial charge in [-0.05, 0) is 36.8 Å². The molecule has 4 unspecified atom stereocenters. The molecule has 1 saturated carbocycles. The van der Waals surface area contributed by atoms with E-state index in [0.29, 0.717) is 28.8 Å². The first kappa shape index (κ1) is 19.9. The summed E-state index contributed by atoms with van der Waals surface area (Å²) in [5.74, 6) is 1.02. The Kier molecular flexibility index (Phi) is 4.91. The Hall–Kier alpha value is -2.38. The maximum atomic E-state index is 12.6. The van der Waals surface area contributed by atoms with E-state index in [9.17, 15) is 14.7 Å². The van der Waals surface area contributed by atoms with Gasteiger partial charge in [0.2, 0.25) is 5.43 Å². The Balaban J connectivity index is 0.00000205. The van der Waals surface area contributed by atoms with Crippen LogP contribution in [-0.2, 0) is 0 Å². The number of aromatic carboxylic acids is 1. The molecule has 0 amide bonds. The molecule has 2 aliphatic carbocycles. The SMILES string of the molecule is CC1C=CC(N)C2CN(c3ccc4c(=O)c(C(=O)O)cn(C5CC5)c4n3)CC12.Cl. The third-order valence-corrected chi connectivity index (χ3v) is 6.58. The fourth-order valence-electron chi connectivity index (χ4n) is 4.77. The first-order valence-electron chi connectivity index (χ1n) is 9.92. The molecule has 2 fully saturated rings. The first-order chi connectivity index (χ1) is 13.4. The van der Waals surface area contributed by atoms with Crippen LogP contribution in [0.4, 0.5) is 5.82 Å². The van der Waals surface area contributed by atoms with Gasteiger partial charge in [0.15, 0.2) is 0 Å². The van der Waals surface area contributed by atoms with Gasteiger partial charge in [-0.25, -0.2) is 9.78 Å². The summed E-state index contributed by atoms with van der Waals surface area (Å²) < 4.78 is 1.88. The lowest BCUT2D eigenvalue weighted by Crippen LogP contribution is -2.38. The van der Waals surface area contributed by atoms with Crippen LogP contribution in [0.25, 0.3) is 11.0 Å². The standard InChI is InChI=1S/C21H24N4O3.ClH/c1-11-2-6-17(22)15-9-24(8-14(11)15)18-7-5-13-19(26)16(21(27)28)10-25(12-3-4-12)20(13)23-18;/h2,5-7,10-12,14-15,17H,3-4,8-9,22H2,1H3,(H,27,28);1H. The molecule has 5 rings (SSSR count). The second kappa shape index (κ2) is 7.15. The molecule has 0 aromatic carbocycles. The average molecular weight is 417 g/mol. The number of aromatic nitrogens is 2. The van der Waals surface area contributed by atoms with Crippen LogP contribution in [0.1, 0.15) is 36.2 Å². The molecular formula is C21H25ClN4O3. The van der Waals surface area contributed by atoms with Crippen molar-refractivity contribution in [3.63, 3.8) is 0 Å². The molecule has 1 saturated heterocycles. The van der Waals surface area contributed by atoms with E-state index in [1.165, 1.54) is 6.20 Å². The molecule has 3 heterocycles. The Morgan fingerprint density at radius 3 is 2.59 bits per heavy atom. The molecule has 3 N–H and O–H groups in total. The van der Waals surface area contributed by atoms with Crippen molar-refractivity contribution in [1.29, 1.82) is 0 Å². The summed E-state index contributed by atoms with van der Waals surface area (Å²) in [5, 5.41) is 9.76. The number of fused-ring (bicyclic) bond motifs is 2. The lowest BCUT2D eigenvalue weighted by molar-refractivity contribution is 0.0695. The Labute approximate surface area is 174 Å². The van der Waals surface area contributed by atoms with Crippen LogP contribution >= 0.6 is 12.4 Å². The normalized spacial score (nSPS) is 28.3. The Bertz CT molecular complexity index is 1040. The molecule has 2 aromatic rings. The molecule has 4 atom stereocenters. The van der Waals surface area contributed by atoms with E-state index in [1.54, 1.807) is 6.07 Å². The van der Waals surface area contributed by atoms with E-state index in [-0.39, 0.29) is 30.1 Å². The Morgan fingerprint density at radius 2 is 1.93 bits per heavy atom. The number of rotatable bonds is 3. The van der Waals surface area contributed by atoms with Crippen LogP contribution in [0, 0.1) is 17.8 Å². The highest BCUT2D eigenvalue weighted by molar-refractivity contribution is 5.92. The number of allylic oxidation sites excluding steroid dienone is 1. The summed E-state index contributed by atoms with van der Waals surface area (Å²) in [6, 6.07) is 3.86. The number of halogens is 1. The number of anilines is 1. The lowest BCUT2D eigenvalue weighted by Gasteiger charge is -2.30. The van der Waals surface area contributed by atoms with Gasteiger partial charge in [0, 0.05) is 37.3 Å². The van der Waals surface area contributed by atoms with Gasteiger partial charge in [0.1, 0.15) is 17.0 Å². The predicted molar refractivity (Wildman–Crippen MR) is 114 cm³/mol. The number of nitrogens with two attached hydrogens (primary N) is 1. The van der Waals surface area contributed by atoms with Crippen LogP contribution < -0.4 is 16.1 Å². The van der Waals surface area contributed by atoms with Crippen molar-refractivity contribution in [3.05, 3.63) is 46.3 Å². The highest BCUT2D eigenvalue weighted by Crippen LogP contribution is 2.39. The minimum Gasteiger partial charge on any atom is -0.477 e. The first-order valence-corrected chi connectivity index (χ1v) is 9.92. The second-order valence-corrected chi connectivity index (χ2v) is 8.41. The molecule has 0 radical (unpaired) electrons.